The van der Waals surface area contributed by atoms with Gasteiger partial charge < -0.3 is 19.9 Å². The Morgan fingerprint density at radius 1 is 1.05 bits per heavy atom. The van der Waals surface area contributed by atoms with Crippen molar-refractivity contribution in [1.29, 1.82) is 0 Å². The van der Waals surface area contributed by atoms with Crippen LogP contribution in [-0.4, -0.2) is 53.1 Å². The maximum Gasteiger partial charge on any atom is 0.279 e. The molecule has 1 atom stereocenters. The number of hydrogen-bond donors (Lipinski definition) is 3. The number of anilines is 1. The van der Waals surface area contributed by atoms with Gasteiger partial charge in [-0.3, -0.25) is 9.78 Å². The number of amides is 1. The second-order valence-electron chi connectivity index (χ2n) is 9.87. The number of carbonyl (C=O) groups excluding carboxylic acids is 1. The number of aromatic nitrogens is 2. The normalized spacial score (nSPS) is 15.2. The predicted octanol–water partition coefficient (Wildman–Crippen LogP) is 5.34. The number of ether oxygens (including phenoxy) is 2. The van der Waals surface area contributed by atoms with Crippen LogP contribution in [-0.2, 0) is 9.57 Å². The van der Waals surface area contributed by atoms with Crippen molar-refractivity contribution < 1.29 is 24.2 Å². The third-order valence-corrected chi connectivity index (χ3v) is 6.56. The summed E-state index contributed by atoms with van der Waals surface area (Å²) >= 11 is 0. The Bertz CT molecular complexity index is 1440. The van der Waals surface area contributed by atoms with Crippen molar-refractivity contribution in [2.24, 2.45) is 0 Å². The van der Waals surface area contributed by atoms with Crippen molar-refractivity contribution in [3.8, 4) is 28.1 Å². The molecule has 3 heterocycles. The highest BCUT2D eigenvalue weighted by molar-refractivity contribution is 6.10. The fourth-order valence-corrected chi connectivity index (χ4v) is 4.64. The molecule has 1 fully saturated rings. The molecule has 208 valence electrons. The summed E-state index contributed by atoms with van der Waals surface area (Å²) in [5.41, 5.74) is 7.92. The molecule has 9 nitrogen and oxygen atoms in total. The molecule has 0 aliphatic carbocycles. The molecular formula is C31H34N4O5. The first-order chi connectivity index (χ1) is 19.5. The Balaban J connectivity index is 1.50. The molecule has 1 aliphatic rings. The van der Waals surface area contributed by atoms with Crippen LogP contribution < -0.4 is 15.5 Å². The van der Waals surface area contributed by atoms with E-state index < -0.39 is 12.2 Å². The van der Waals surface area contributed by atoms with E-state index in [9.17, 15) is 4.79 Å². The molecule has 1 aliphatic heterocycles. The second kappa shape index (κ2) is 12.9. The molecule has 40 heavy (non-hydrogen) atoms. The van der Waals surface area contributed by atoms with E-state index in [2.05, 4.69) is 15.8 Å². The van der Waals surface area contributed by atoms with E-state index in [-0.39, 0.29) is 12.7 Å². The minimum atomic E-state index is -0.482. The number of carbonyl (C=O) groups is 1. The van der Waals surface area contributed by atoms with E-state index in [1.54, 1.807) is 18.5 Å². The van der Waals surface area contributed by atoms with Gasteiger partial charge in [-0.1, -0.05) is 36.4 Å². The number of aliphatic hydroxyl groups is 1. The Labute approximate surface area is 233 Å². The van der Waals surface area contributed by atoms with Gasteiger partial charge in [0.05, 0.1) is 23.8 Å². The van der Waals surface area contributed by atoms with E-state index in [1.165, 1.54) is 0 Å². The Morgan fingerprint density at radius 2 is 1.77 bits per heavy atom. The van der Waals surface area contributed by atoms with Gasteiger partial charge in [-0.25, -0.2) is 15.3 Å². The van der Waals surface area contributed by atoms with Crippen LogP contribution in [0.4, 0.5) is 5.69 Å². The summed E-state index contributed by atoms with van der Waals surface area (Å²) in [4.78, 5) is 28.3. The molecule has 0 bridgehead atoms. The van der Waals surface area contributed by atoms with E-state index in [0.29, 0.717) is 47.5 Å². The van der Waals surface area contributed by atoms with Gasteiger partial charge in [-0.05, 0) is 56.0 Å². The topological polar surface area (TPSA) is 115 Å². The molecule has 1 unspecified atom stereocenters. The van der Waals surface area contributed by atoms with Crippen molar-refractivity contribution in [3.05, 3.63) is 72.6 Å². The summed E-state index contributed by atoms with van der Waals surface area (Å²) in [5, 5.41) is 12.7. The average Bonchev–Trinajstić information content (AvgIpc) is 2.99. The quantitative estimate of drug-likeness (QED) is 0.230. The molecule has 1 amide bonds. The van der Waals surface area contributed by atoms with Gasteiger partial charge in [0.25, 0.3) is 5.91 Å². The second-order valence-corrected chi connectivity index (χ2v) is 9.87. The SMILES string of the molecule is CC(C)Oc1c(-c2ccc(-c3ccc(NCCO)cc3)cc2)nc2ccncc2c1C(=O)NOC1CCCCO1. The van der Waals surface area contributed by atoms with Crippen molar-refractivity contribution >= 4 is 22.5 Å². The standard InChI is InChI=1S/C31H34N4O5/c1-20(2)39-30-28(31(37)35-40-27-5-3-4-18-38-27)25-19-32-15-14-26(25)34-29(30)23-8-6-21(7-9-23)22-10-12-24(13-11-22)33-16-17-36/h6-15,19-20,27,33,36H,3-5,16-18H2,1-2H3,(H,35,37). The highest BCUT2D eigenvalue weighted by Gasteiger charge is 2.26. The number of nitrogens with zero attached hydrogens (tertiary/aromatic N) is 2. The number of benzene rings is 2. The maximum atomic E-state index is 13.6. The first kappa shape index (κ1) is 27.5. The minimum Gasteiger partial charge on any atom is -0.488 e. The highest BCUT2D eigenvalue weighted by Crippen LogP contribution is 2.37. The van der Waals surface area contributed by atoms with Gasteiger partial charge in [0.1, 0.15) is 5.69 Å². The highest BCUT2D eigenvalue weighted by atomic mass is 16.8. The first-order valence-corrected chi connectivity index (χ1v) is 13.6. The van der Waals surface area contributed by atoms with Crippen molar-refractivity contribution in [2.45, 2.75) is 45.5 Å². The zero-order valence-corrected chi connectivity index (χ0v) is 22.7. The third kappa shape index (κ3) is 6.39. The molecule has 1 saturated heterocycles. The number of rotatable bonds is 10. The number of fused-ring (bicyclic) bond motifs is 1. The van der Waals surface area contributed by atoms with Crippen LogP contribution in [0.25, 0.3) is 33.3 Å². The van der Waals surface area contributed by atoms with Crippen LogP contribution in [0.2, 0.25) is 0 Å². The summed E-state index contributed by atoms with van der Waals surface area (Å²) in [6.45, 7) is 5.01. The zero-order valence-electron chi connectivity index (χ0n) is 22.7. The Morgan fingerprint density at radius 3 is 2.45 bits per heavy atom. The van der Waals surface area contributed by atoms with E-state index in [1.807, 2.05) is 62.4 Å². The minimum absolute atomic E-state index is 0.0797. The van der Waals surface area contributed by atoms with Crippen LogP contribution in [0.1, 0.15) is 43.5 Å². The molecule has 0 spiro atoms. The Kier molecular flexibility index (Phi) is 8.85. The van der Waals surface area contributed by atoms with E-state index >= 15 is 0 Å². The lowest BCUT2D eigenvalue weighted by Gasteiger charge is -2.23. The van der Waals surface area contributed by atoms with Crippen LogP contribution in [0.3, 0.4) is 0 Å². The lowest BCUT2D eigenvalue weighted by Crippen LogP contribution is -2.33. The van der Waals surface area contributed by atoms with Gasteiger partial charge in [0.2, 0.25) is 0 Å². The fourth-order valence-electron chi connectivity index (χ4n) is 4.64. The van der Waals surface area contributed by atoms with Crippen molar-refractivity contribution in [1.82, 2.24) is 15.4 Å². The van der Waals surface area contributed by atoms with Crippen LogP contribution >= 0.6 is 0 Å². The Hall–Kier alpha value is -4.05. The molecule has 3 N–H and O–H groups in total. The summed E-state index contributed by atoms with van der Waals surface area (Å²) < 4.78 is 11.9. The van der Waals surface area contributed by atoms with Crippen molar-refractivity contribution in [2.75, 3.05) is 25.1 Å². The fraction of sp³-hybridized carbons (Fsp3) is 0.323. The molecule has 2 aromatic carbocycles. The maximum absolute atomic E-state index is 13.6. The van der Waals surface area contributed by atoms with Gasteiger partial charge in [0, 0.05) is 48.6 Å². The first-order valence-electron chi connectivity index (χ1n) is 13.6. The predicted molar refractivity (Wildman–Crippen MR) is 154 cm³/mol. The molecule has 5 rings (SSSR count). The zero-order chi connectivity index (χ0) is 27.9. The number of hydrogen-bond acceptors (Lipinski definition) is 8. The summed E-state index contributed by atoms with van der Waals surface area (Å²) in [6.07, 6.45) is 5.26. The third-order valence-electron chi connectivity index (χ3n) is 6.56. The molecule has 0 saturated carbocycles. The largest absolute Gasteiger partial charge is 0.488 e. The lowest BCUT2D eigenvalue weighted by atomic mass is 9.99. The monoisotopic (exact) mass is 542 g/mol. The number of nitrogens with one attached hydrogen (secondary N) is 2. The van der Waals surface area contributed by atoms with Crippen LogP contribution in [0.15, 0.2) is 67.0 Å². The molecule has 4 aromatic rings. The average molecular weight is 543 g/mol. The van der Waals surface area contributed by atoms with Crippen molar-refractivity contribution in [3.63, 3.8) is 0 Å². The van der Waals surface area contributed by atoms with Crippen LogP contribution in [0, 0.1) is 0 Å². The molecule has 9 heteroatoms. The van der Waals surface area contributed by atoms with Gasteiger partial charge in [-0.2, -0.15) is 0 Å². The number of aliphatic hydroxyl groups excluding tert-OH is 1. The lowest BCUT2D eigenvalue weighted by molar-refractivity contribution is -0.186. The molecule has 2 aromatic heterocycles. The van der Waals surface area contributed by atoms with Gasteiger partial charge >= 0.3 is 0 Å². The summed E-state index contributed by atoms with van der Waals surface area (Å²) in [7, 11) is 0. The van der Waals surface area contributed by atoms with E-state index in [4.69, 9.17) is 24.4 Å². The van der Waals surface area contributed by atoms with Gasteiger partial charge in [-0.15, -0.1) is 0 Å². The molecular weight excluding hydrogens is 508 g/mol. The molecule has 0 radical (unpaired) electrons. The number of pyridine rings is 2. The van der Waals surface area contributed by atoms with Gasteiger partial charge in [0.15, 0.2) is 12.0 Å². The van der Waals surface area contributed by atoms with Crippen LogP contribution in [0.5, 0.6) is 5.75 Å². The summed E-state index contributed by atoms with van der Waals surface area (Å²) in [5.74, 6) is -0.0776. The number of hydroxylamine groups is 1. The smallest absolute Gasteiger partial charge is 0.279 e. The summed E-state index contributed by atoms with van der Waals surface area (Å²) in [6, 6.07) is 17.8. The van der Waals surface area contributed by atoms with E-state index in [0.717, 1.165) is 35.2 Å².